The molecule has 1 N–H and O–H groups in total. The van der Waals surface area contributed by atoms with E-state index in [0.717, 1.165) is 10.2 Å². The highest BCUT2D eigenvalue weighted by atomic mass is 79.9. The van der Waals surface area contributed by atoms with Crippen LogP contribution >= 0.6 is 27.7 Å². The predicted molar refractivity (Wildman–Crippen MR) is 78.0 cm³/mol. The van der Waals surface area contributed by atoms with Crippen LogP contribution < -0.4 is 10.1 Å². The van der Waals surface area contributed by atoms with Gasteiger partial charge in [-0.05, 0) is 52.7 Å². The monoisotopic (exact) mass is 315 g/mol. The zero-order chi connectivity index (χ0) is 12.3. The van der Waals surface area contributed by atoms with E-state index in [9.17, 15) is 0 Å². The Morgan fingerprint density at radius 2 is 2.35 bits per heavy atom. The molecule has 94 valence electrons. The average Bonchev–Trinajstić information content (AvgIpc) is 2.81. The highest BCUT2D eigenvalue weighted by Gasteiger charge is 2.18. The first kappa shape index (κ1) is 13.2. The first-order valence-electron chi connectivity index (χ1n) is 5.88. The zero-order valence-corrected chi connectivity index (χ0v) is 12.6. The molecule has 1 aliphatic heterocycles. The van der Waals surface area contributed by atoms with Gasteiger partial charge in [-0.15, -0.1) is 0 Å². The van der Waals surface area contributed by atoms with Gasteiger partial charge in [-0.3, -0.25) is 0 Å². The van der Waals surface area contributed by atoms with Crippen LogP contribution in [0.4, 0.5) is 0 Å². The third-order valence-electron chi connectivity index (χ3n) is 3.09. The van der Waals surface area contributed by atoms with E-state index in [1.807, 2.05) is 17.8 Å². The van der Waals surface area contributed by atoms with Crippen molar-refractivity contribution in [1.29, 1.82) is 0 Å². The van der Waals surface area contributed by atoms with Crippen molar-refractivity contribution in [1.82, 2.24) is 5.32 Å². The highest BCUT2D eigenvalue weighted by molar-refractivity contribution is 9.10. The minimum absolute atomic E-state index is 0.390. The Labute approximate surface area is 116 Å². The van der Waals surface area contributed by atoms with E-state index < -0.39 is 0 Å². The molecule has 2 nitrogen and oxygen atoms in total. The second-order valence-corrected chi connectivity index (χ2v) is 6.35. The average molecular weight is 316 g/mol. The van der Waals surface area contributed by atoms with Crippen molar-refractivity contribution in [3.8, 4) is 5.75 Å². The molecule has 0 bridgehead atoms. The Hall–Kier alpha value is -0.190. The molecule has 0 amide bonds. The van der Waals surface area contributed by atoms with Crippen molar-refractivity contribution in [2.45, 2.75) is 25.4 Å². The summed E-state index contributed by atoms with van der Waals surface area (Å²) in [5.41, 5.74) is 1.30. The molecule has 0 radical (unpaired) electrons. The fraction of sp³-hybridized carbons (Fsp3) is 0.538. The van der Waals surface area contributed by atoms with Crippen LogP contribution in [0.1, 0.15) is 24.9 Å². The Morgan fingerprint density at radius 1 is 1.53 bits per heavy atom. The number of hydrogen-bond donors (Lipinski definition) is 1. The third-order valence-corrected chi connectivity index (χ3v) is 4.87. The van der Waals surface area contributed by atoms with Crippen molar-refractivity contribution < 1.29 is 4.74 Å². The summed E-state index contributed by atoms with van der Waals surface area (Å²) in [7, 11) is 1.69. The van der Waals surface area contributed by atoms with E-state index >= 15 is 0 Å². The summed E-state index contributed by atoms with van der Waals surface area (Å²) in [6, 6.07) is 7.33. The molecule has 17 heavy (non-hydrogen) atoms. The Morgan fingerprint density at radius 3 is 2.94 bits per heavy atom. The number of halogens is 1. The van der Waals surface area contributed by atoms with Gasteiger partial charge in [0.2, 0.25) is 0 Å². The van der Waals surface area contributed by atoms with Crippen LogP contribution in [0.3, 0.4) is 0 Å². The fourth-order valence-electron chi connectivity index (χ4n) is 2.07. The molecule has 1 aromatic rings. The number of rotatable bonds is 4. The van der Waals surface area contributed by atoms with Crippen LogP contribution in [0, 0.1) is 0 Å². The van der Waals surface area contributed by atoms with Gasteiger partial charge in [0.1, 0.15) is 5.75 Å². The summed E-state index contributed by atoms with van der Waals surface area (Å²) >= 11 is 5.57. The molecule has 2 rings (SSSR count). The minimum atomic E-state index is 0.390. The number of methoxy groups -OCH3 is 1. The summed E-state index contributed by atoms with van der Waals surface area (Å²) < 4.78 is 6.26. The summed E-state index contributed by atoms with van der Waals surface area (Å²) in [4.78, 5) is 0. The van der Waals surface area contributed by atoms with Crippen molar-refractivity contribution in [2.75, 3.05) is 18.6 Å². The highest BCUT2D eigenvalue weighted by Crippen LogP contribution is 2.29. The van der Waals surface area contributed by atoms with E-state index in [1.54, 1.807) is 7.11 Å². The predicted octanol–water partition coefficient (Wildman–Crippen LogP) is 3.61. The number of benzene rings is 1. The first-order chi connectivity index (χ1) is 8.20. The molecule has 2 atom stereocenters. The van der Waals surface area contributed by atoms with Crippen LogP contribution in [0.25, 0.3) is 0 Å². The Bertz CT molecular complexity index is 380. The normalized spacial score (nSPS) is 21.5. The van der Waals surface area contributed by atoms with Crippen molar-refractivity contribution in [2.24, 2.45) is 0 Å². The zero-order valence-electron chi connectivity index (χ0n) is 10.2. The maximum Gasteiger partial charge on any atom is 0.133 e. The fourth-order valence-corrected chi connectivity index (χ4v) is 3.79. The largest absolute Gasteiger partial charge is 0.496 e. The lowest BCUT2D eigenvalue weighted by molar-refractivity contribution is 0.411. The van der Waals surface area contributed by atoms with Gasteiger partial charge in [0.15, 0.2) is 0 Å². The summed E-state index contributed by atoms with van der Waals surface area (Å²) in [5.74, 6) is 3.41. The maximum atomic E-state index is 5.24. The van der Waals surface area contributed by atoms with Crippen molar-refractivity contribution in [3.63, 3.8) is 0 Å². The van der Waals surface area contributed by atoms with Crippen LogP contribution in [0.2, 0.25) is 0 Å². The van der Waals surface area contributed by atoms with E-state index in [1.165, 1.54) is 23.5 Å². The summed E-state index contributed by atoms with van der Waals surface area (Å²) in [6.45, 7) is 2.22. The maximum absolute atomic E-state index is 5.24. The van der Waals surface area contributed by atoms with Gasteiger partial charge in [-0.2, -0.15) is 11.8 Å². The lowest BCUT2D eigenvalue weighted by atomic mass is 10.1. The van der Waals surface area contributed by atoms with Crippen LogP contribution in [-0.2, 0) is 0 Å². The van der Waals surface area contributed by atoms with E-state index in [-0.39, 0.29) is 0 Å². The van der Waals surface area contributed by atoms with Crippen LogP contribution in [0.5, 0.6) is 5.75 Å². The molecule has 0 aliphatic carbocycles. The lowest BCUT2D eigenvalue weighted by Crippen LogP contribution is -2.31. The van der Waals surface area contributed by atoms with Gasteiger partial charge in [-0.1, -0.05) is 6.07 Å². The van der Waals surface area contributed by atoms with Gasteiger partial charge >= 0.3 is 0 Å². The standard InChI is InChI=1S/C13H18BrNOS/c1-9(15-11-5-6-17-8-11)10-3-4-13(16-2)12(14)7-10/h3-4,7,9,11,15H,5-6,8H2,1-2H3. The molecule has 4 heteroatoms. The SMILES string of the molecule is COc1ccc(C(C)NC2CCSC2)cc1Br. The smallest absolute Gasteiger partial charge is 0.133 e. The van der Waals surface area contributed by atoms with Gasteiger partial charge < -0.3 is 10.1 Å². The molecule has 1 fully saturated rings. The first-order valence-corrected chi connectivity index (χ1v) is 7.82. The Balaban J connectivity index is 2.02. The molecule has 1 saturated heterocycles. The van der Waals surface area contributed by atoms with Gasteiger partial charge in [0.05, 0.1) is 11.6 Å². The second-order valence-electron chi connectivity index (χ2n) is 4.34. The Kier molecular flexibility index (Phi) is 4.77. The van der Waals surface area contributed by atoms with E-state index in [0.29, 0.717) is 12.1 Å². The van der Waals surface area contributed by atoms with Crippen molar-refractivity contribution >= 4 is 27.7 Å². The number of ether oxygens (including phenoxy) is 1. The molecule has 1 heterocycles. The summed E-state index contributed by atoms with van der Waals surface area (Å²) in [6.07, 6.45) is 1.28. The van der Waals surface area contributed by atoms with Gasteiger partial charge in [0, 0.05) is 17.8 Å². The van der Waals surface area contributed by atoms with Crippen molar-refractivity contribution in [3.05, 3.63) is 28.2 Å². The second kappa shape index (κ2) is 6.12. The minimum Gasteiger partial charge on any atom is -0.496 e. The number of nitrogens with one attached hydrogen (secondary N) is 1. The molecular weight excluding hydrogens is 298 g/mol. The number of thioether (sulfide) groups is 1. The molecule has 1 aromatic carbocycles. The van der Waals surface area contributed by atoms with Gasteiger partial charge in [-0.25, -0.2) is 0 Å². The molecule has 1 aliphatic rings. The molecular formula is C13H18BrNOS. The number of hydrogen-bond acceptors (Lipinski definition) is 3. The summed E-state index contributed by atoms with van der Waals surface area (Å²) in [5, 5.41) is 3.68. The van der Waals surface area contributed by atoms with Gasteiger partial charge in [0.25, 0.3) is 0 Å². The van der Waals surface area contributed by atoms with Crippen LogP contribution in [0.15, 0.2) is 22.7 Å². The van der Waals surface area contributed by atoms with E-state index in [2.05, 4.69) is 40.3 Å². The molecule has 0 saturated carbocycles. The van der Waals surface area contributed by atoms with Crippen LogP contribution in [-0.4, -0.2) is 24.7 Å². The van der Waals surface area contributed by atoms with E-state index in [4.69, 9.17) is 4.74 Å². The quantitative estimate of drug-likeness (QED) is 0.917. The molecule has 0 spiro atoms. The molecule has 2 unspecified atom stereocenters. The third kappa shape index (κ3) is 3.39. The lowest BCUT2D eigenvalue weighted by Gasteiger charge is -2.19. The molecule has 0 aromatic heterocycles. The topological polar surface area (TPSA) is 21.3 Å².